The number of fused-ring (bicyclic) bond motifs is 2. The highest BCUT2D eigenvalue weighted by molar-refractivity contribution is 5.76. The first-order valence-corrected chi connectivity index (χ1v) is 8.51. The lowest BCUT2D eigenvalue weighted by Gasteiger charge is -2.09. The number of nitrogens with one attached hydrogen (secondary N) is 4. The van der Waals surface area contributed by atoms with E-state index >= 15 is 0 Å². The maximum absolute atomic E-state index is 4.45. The molecule has 4 N–H and O–H groups in total. The van der Waals surface area contributed by atoms with Crippen LogP contribution in [0.3, 0.4) is 0 Å². The molecule has 132 valence electrons. The maximum Gasteiger partial charge on any atom is 0.207 e. The molecule has 4 aromatic heterocycles. The lowest BCUT2D eigenvalue weighted by atomic mass is 10.2. The molecule has 0 saturated carbocycles. The van der Waals surface area contributed by atoms with Crippen molar-refractivity contribution in [3.63, 3.8) is 0 Å². The smallest absolute Gasteiger partial charge is 0.207 e. The molecule has 0 aliphatic carbocycles. The van der Waals surface area contributed by atoms with Crippen LogP contribution in [0, 0.1) is 6.92 Å². The third-order valence-electron chi connectivity index (χ3n) is 4.26. The average Bonchev–Trinajstić information content (AvgIpc) is 3.26. The first-order chi connectivity index (χ1) is 13.2. The van der Waals surface area contributed by atoms with Crippen LogP contribution in [0.5, 0.6) is 0 Å². The van der Waals surface area contributed by atoms with Crippen molar-refractivity contribution in [2.75, 3.05) is 10.6 Å². The highest BCUT2D eigenvalue weighted by Gasteiger charge is 2.07. The lowest BCUT2D eigenvalue weighted by molar-refractivity contribution is 1.26. The van der Waals surface area contributed by atoms with E-state index in [1.165, 1.54) is 0 Å². The number of aromatic amines is 2. The normalized spacial score (nSPS) is 11.1. The third kappa shape index (κ3) is 2.93. The van der Waals surface area contributed by atoms with E-state index in [1.54, 1.807) is 12.4 Å². The molecule has 0 saturated heterocycles. The van der Waals surface area contributed by atoms with Gasteiger partial charge in [0, 0.05) is 23.8 Å². The summed E-state index contributed by atoms with van der Waals surface area (Å²) in [7, 11) is 0. The summed E-state index contributed by atoms with van der Waals surface area (Å²) in [4.78, 5) is 23.8. The largest absolute Gasteiger partial charge is 0.326 e. The van der Waals surface area contributed by atoms with Crippen LogP contribution in [0.25, 0.3) is 22.3 Å². The molecule has 0 aliphatic rings. The molecule has 0 amide bonds. The second kappa shape index (κ2) is 6.10. The highest BCUT2D eigenvalue weighted by Crippen LogP contribution is 2.25. The zero-order valence-corrected chi connectivity index (χ0v) is 14.5. The van der Waals surface area contributed by atoms with Crippen molar-refractivity contribution >= 4 is 45.6 Å². The summed E-state index contributed by atoms with van der Waals surface area (Å²) in [6.07, 6.45) is 3.46. The molecule has 0 spiro atoms. The number of aromatic nitrogens is 6. The Kier molecular flexibility index (Phi) is 3.46. The van der Waals surface area contributed by atoms with E-state index in [0.717, 1.165) is 28.0 Å². The van der Waals surface area contributed by atoms with Gasteiger partial charge in [-0.15, -0.1) is 0 Å². The minimum absolute atomic E-state index is 0.659. The summed E-state index contributed by atoms with van der Waals surface area (Å²) in [5.74, 6) is 1.32. The molecule has 0 atom stereocenters. The third-order valence-corrected chi connectivity index (χ3v) is 4.26. The second-order valence-corrected chi connectivity index (χ2v) is 6.20. The molecule has 0 aliphatic heterocycles. The van der Waals surface area contributed by atoms with Gasteiger partial charge in [-0.3, -0.25) is 0 Å². The molecular weight excluding hydrogens is 340 g/mol. The maximum atomic E-state index is 4.45. The molecule has 27 heavy (non-hydrogen) atoms. The Labute approximate surface area is 154 Å². The number of nitrogens with zero attached hydrogens (tertiary/aromatic N) is 4. The van der Waals surface area contributed by atoms with Crippen molar-refractivity contribution in [2.24, 2.45) is 0 Å². The molecule has 0 fully saturated rings. The summed E-state index contributed by atoms with van der Waals surface area (Å²) < 4.78 is 0. The van der Waals surface area contributed by atoms with Crippen LogP contribution in [-0.2, 0) is 0 Å². The predicted octanol–water partition coefficient (Wildman–Crippen LogP) is 4.02. The fourth-order valence-electron chi connectivity index (χ4n) is 2.95. The predicted molar refractivity (Wildman–Crippen MR) is 106 cm³/mol. The number of rotatable bonds is 4. The first kappa shape index (κ1) is 15.3. The van der Waals surface area contributed by atoms with Crippen LogP contribution in [0.2, 0.25) is 0 Å². The van der Waals surface area contributed by atoms with Gasteiger partial charge in [-0.1, -0.05) is 0 Å². The van der Waals surface area contributed by atoms with E-state index in [4.69, 9.17) is 0 Å². The Hall–Kier alpha value is -3.94. The Morgan fingerprint density at radius 2 is 1.41 bits per heavy atom. The van der Waals surface area contributed by atoms with Gasteiger partial charge in [0.2, 0.25) is 11.9 Å². The zero-order chi connectivity index (χ0) is 18.2. The Morgan fingerprint density at radius 1 is 0.778 bits per heavy atom. The van der Waals surface area contributed by atoms with Crippen molar-refractivity contribution in [1.82, 2.24) is 29.9 Å². The average molecular weight is 356 g/mol. The highest BCUT2D eigenvalue weighted by atomic mass is 15.2. The first-order valence-electron chi connectivity index (χ1n) is 8.51. The van der Waals surface area contributed by atoms with E-state index in [9.17, 15) is 0 Å². The van der Waals surface area contributed by atoms with Gasteiger partial charge in [-0.2, -0.15) is 9.97 Å². The molecule has 8 heteroatoms. The number of imidazole rings is 2. The summed E-state index contributed by atoms with van der Waals surface area (Å²) in [6.45, 7) is 2.04. The monoisotopic (exact) mass is 356 g/mol. The minimum Gasteiger partial charge on any atom is -0.326 e. The molecule has 1 aromatic carbocycles. The van der Waals surface area contributed by atoms with E-state index < -0.39 is 0 Å². The number of pyridine rings is 2. The molecule has 0 radical (unpaired) electrons. The number of benzene rings is 1. The Balaban J connectivity index is 1.38. The quantitative estimate of drug-likeness (QED) is 0.387. The van der Waals surface area contributed by atoms with Gasteiger partial charge < -0.3 is 20.6 Å². The van der Waals surface area contributed by atoms with Crippen molar-refractivity contribution in [3.05, 3.63) is 60.4 Å². The van der Waals surface area contributed by atoms with Crippen molar-refractivity contribution in [2.45, 2.75) is 6.92 Å². The van der Waals surface area contributed by atoms with E-state index in [1.807, 2.05) is 49.4 Å². The van der Waals surface area contributed by atoms with E-state index in [-0.39, 0.29) is 0 Å². The van der Waals surface area contributed by atoms with Crippen LogP contribution in [0.1, 0.15) is 5.56 Å². The Morgan fingerprint density at radius 3 is 2.00 bits per heavy atom. The molecule has 0 bridgehead atoms. The minimum atomic E-state index is 0.659. The van der Waals surface area contributed by atoms with Crippen molar-refractivity contribution in [3.8, 4) is 0 Å². The number of anilines is 4. The fourth-order valence-corrected chi connectivity index (χ4v) is 2.95. The molecule has 4 heterocycles. The van der Waals surface area contributed by atoms with E-state index in [2.05, 4.69) is 40.5 Å². The molecule has 8 nitrogen and oxygen atoms in total. The SMILES string of the molecule is Cc1cc(Nc2nc3ncccc3[nH]2)ccc1Nc1nc2ncccc2[nH]1. The number of H-pyrrole nitrogens is 2. The van der Waals surface area contributed by atoms with Crippen molar-refractivity contribution < 1.29 is 0 Å². The second-order valence-electron chi connectivity index (χ2n) is 6.20. The van der Waals surface area contributed by atoms with Gasteiger partial charge in [0.25, 0.3) is 0 Å². The number of hydrogen-bond acceptors (Lipinski definition) is 6. The lowest BCUT2D eigenvalue weighted by Crippen LogP contribution is -1.97. The zero-order valence-electron chi connectivity index (χ0n) is 14.5. The van der Waals surface area contributed by atoms with Gasteiger partial charge in [0.1, 0.15) is 0 Å². The standard InChI is InChI=1S/C19H16N8/c1-11-10-12(22-18-24-14-4-2-8-20-16(14)26-18)6-7-13(11)23-19-25-15-5-3-9-21-17(15)27-19/h2-10H,1H3,(H2,20,22,24,26)(H2,21,23,25,27). The van der Waals surface area contributed by atoms with Gasteiger partial charge in [-0.05, 0) is 55.0 Å². The summed E-state index contributed by atoms with van der Waals surface area (Å²) >= 11 is 0. The van der Waals surface area contributed by atoms with Gasteiger partial charge in [0.15, 0.2) is 11.3 Å². The summed E-state index contributed by atoms with van der Waals surface area (Å²) in [5.41, 5.74) is 6.14. The van der Waals surface area contributed by atoms with Crippen LogP contribution in [-0.4, -0.2) is 29.9 Å². The van der Waals surface area contributed by atoms with Crippen LogP contribution >= 0.6 is 0 Å². The molecule has 5 aromatic rings. The molecule has 0 unspecified atom stereocenters. The fraction of sp³-hybridized carbons (Fsp3) is 0.0526. The van der Waals surface area contributed by atoms with Crippen molar-refractivity contribution in [1.29, 1.82) is 0 Å². The van der Waals surface area contributed by atoms with Gasteiger partial charge >= 0.3 is 0 Å². The molecule has 5 rings (SSSR count). The number of hydrogen-bond donors (Lipinski definition) is 4. The van der Waals surface area contributed by atoms with Gasteiger partial charge in [0.05, 0.1) is 11.0 Å². The summed E-state index contributed by atoms with van der Waals surface area (Å²) in [6, 6.07) is 13.7. The summed E-state index contributed by atoms with van der Waals surface area (Å²) in [5, 5.41) is 6.59. The molecular formula is C19H16N8. The topological polar surface area (TPSA) is 107 Å². The van der Waals surface area contributed by atoms with E-state index in [0.29, 0.717) is 23.2 Å². The van der Waals surface area contributed by atoms with Gasteiger partial charge in [-0.25, -0.2) is 9.97 Å². The van der Waals surface area contributed by atoms with Crippen LogP contribution in [0.4, 0.5) is 23.3 Å². The van der Waals surface area contributed by atoms with Crippen LogP contribution < -0.4 is 10.6 Å². The Bertz CT molecular complexity index is 1190. The number of aryl methyl sites for hydroxylation is 1. The van der Waals surface area contributed by atoms with Crippen LogP contribution in [0.15, 0.2) is 54.9 Å².